The van der Waals surface area contributed by atoms with Crippen molar-refractivity contribution in [3.8, 4) is 5.69 Å². The summed E-state index contributed by atoms with van der Waals surface area (Å²) >= 11 is 0. The Labute approximate surface area is 183 Å². The van der Waals surface area contributed by atoms with Crippen molar-refractivity contribution in [1.82, 2.24) is 4.57 Å². The number of hydrogen-bond donors (Lipinski definition) is 0. The lowest BCUT2D eigenvalue weighted by molar-refractivity contribution is 0.669. The summed E-state index contributed by atoms with van der Waals surface area (Å²) in [4.78, 5) is 0. The van der Waals surface area contributed by atoms with Crippen LogP contribution in [0, 0.1) is 0 Å². The van der Waals surface area contributed by atoms with Crippen molar-refractivity contribution in [3.63, 3.8) is 0 Å². The van der Waals surface area contributed by atoms with E-state index in [-0.39, 0.29) is 0 Å². The number of hydrogen-bond acceptors (Lipinski definition) is 1. The summed E-state index contributed by atoms with van der Waals surface area (Å²) in [6.07, 6.45) is 0. The van der Waals surface area contributed by atoms with E-state index in [4.69, 9.17) is 4.42 Å². The molecule has 0 amide bonds. The molecule has 8 aromatic rings. The second kappa shape index (κ2) is 5.68. The zero-order valence-electron chi connectivity index (χ0n) is 17.2. The van der Waals surface area contributed by atoms with Gasteiger partial charge >= 0.3 is 0 Å². The highest BCUT2D eigenvalue weighted by molar-refractivity contribution is 6.34. The number of aromatic nitrogens is 1. The molecule has 0 aliphatic heterocycles. The number of fused-ring (bicyclic) bond motifs is 6. The molecule has 0 aliphatic carbocycles. The third-order valence-corrected chi connectivity index (χ3v) is 6.95. The van der Waals surface area contributed by atoms with Crippen LogP contribution in [0.15, 0.2) is 108 Å². The van der Waals surface area contributed by atoms with Gasteiger partial charge in [0.25, 0.3) is 0 Å². The highest BCUT2D eigenvalue weighted by Crippen LogP contribution is 2.45. The van der Waals surface area contributed by atoms with Crippen LogP contribution in [0.25, 0.3) is 71.0 Å². The predicted molar refractivity (Wildman–Crippen MR) is 134 cm³/mol. The van der Waals surface area contributed by atoms with Gasteiger partial charge in [-0.05, 0) is 46.5 Å². The van der Waals surface area contributed by atoms with Crippen molar-refractivity contribution in [2.75, 3.05) is 0 Å². The topological polar surface area (TPSA) is 18.1 Å². The maximum Gasteiger partial charge on any atom is 0.136 e. The molecule has 0 saturated heterocycles. The van der Waals surface area contributed by atoms with Gasteiger partial charge in [-0.1, -0.05) is 72.8 Å². The normalized spacial score (nSPS) is 12.4. The first-order chi connectivity index (χ1) is 15.9. The van der Waals surface area contributed by atoms with Gasteiger partial charge in [-0.25, -0.2) is 0 Å². The van der Waals surface area contributed by atoms with E-state index >= 15 is 0 Å². The number of rotatable bonds is 1. The fourth-order valence-corrected chi connectivity index (χ4v) is 5.70. The minimum absolute atomic E-state index is 0.946. The van der Waals surface area contributed by atoms with E-state index < -0.39 is 0 Å². The Balaban J connectivity index is 1.70. The van der Waals surface area contributed by atoms with Gasteiger partial charge in [0.1, 0.15) is 11.2 Å². The summed E-state index contributed by atoms with van der Waals surface area (Å²) in [5, 5.41) is 10.0. The van der Waals surface area contributed by atoms with E-state index in [0.29, 0.717) is 0 Å². The van der Waals surface area contributed by atoms with E-state index in [1.54, 1.807) is 0 Å². The number of benzene rings is 6. The van der Waals surface area contributed by atoms with E-state index in [1.807, 2.05) is 0 Å². The van der Waals surface area contributed by atoms with Crippen molar-refractivity contribution in [3.05, 3.63) is 103 Å². The van der Waals surface area contributed by atoms with E-state index in [1.165, 1.54) is 59.8 Å². The van der Waals surface area contributed by atoms with Crippen LogP contribution >= 0.6 is 0 Å². The zero-order valence-corrected chi connectivity index (χ0v) is 17.2. The predicted octanol–water partition coefficient (Wildman–Crippen LogP) is 8.43. The molecule has 2 aromatic heterocycles. The molecule has 8 rings (SSSR count). The van der Waals surface area contributed by atoms with Gasteiger partial charge in [0.05, 0.1) is 16.7 Å². The SMILES string of the molecule is c1ccc2c(c1)c1cccc3oc4ccc(-n5c6ccccc6c6ccccc65)c2c4c31. The van der Waals surface area contributed by atoms with Crippen LogP contribution in [0.2, 0.25) is 0 Å². The molecule has 0 aliphatic rings. The smallest absolute Gasteiger partial charge is 0.136 e. The fraction of sp³-hybridized carbons (Fsp3) is 0. The summed E-state index contributed by atoms with van der Waals surface area (Å²) in [7, 11) is 0. The van der Waals surface area contributed by atoms with Gasteiger partial charge in [-0.2, -0.15) is 0 Å². The standard InChI is InChI=1S/C30H17NO/c1-2-11-21-18(8-1)22-12-7-15-26-29(22)30-27(32-26)17-16-25(28(21)30)31-23-13-5-3-9-19(23)20-10-4-6-14-24(20)31/h1-17H. The van der Waals surface area contributed by atoms with Gasteiger partial charge in [0.2, 0.25) is 0 Å². The van der Waals surface area contributed by atoms with Gasteiger partial charge < -0.3 is 8.98 Å². The molecule has 2 heteroatoms. The monoisotopic (exact) mass is 407 g/mol. The minimum atomic E-state index is 0.946. The number of para-hydroxylation sites is 2. The molecule has 0 saturated carbocycles. The Hall–Kier alpha value is -4.30. The van der Waals surface area contributed by atoms with Gasteiger partial charge in [-0.3, -0.25) is 0 Å². The van der Waals surface area contributed by atoms with Gasteiger partial charge in [0.15, 0.2) is 0 Å². The second-order valence-electron chi connectivity index (χ2n) is 8.53. The van der Waals surface area contributed by atoms with Crippen LogP contribution < -0.4 is 0 Å². The molecule has 0 fully saturated rings. The second-order valence-corrected chi connectivity index (χ2v) is 8.53. The van der Waals surface area contributed by atoms with Gasteiger partial charge in [0, 0.05) is 26.9 Å². The van der Waals surface area contributed by atoms with Crippen LogP contribution in [-0.4, -0.2) is 4.57 Å². The molecule has 0 radical (unpaired) electrons. The lowest BCUT2D eigenvalue weighted by Gasteiger charge is -2.15. The van der Waals surface area contributed by atoms with Crippen LogP contribution in [-0.2, 0) is 0 Å². The van der Waals surface area contributed by atoms with E-state index in [9.17, 15) is 0 Å². The van der Waals surface area contributed by atoms with Crippen molar-refractivity contribution < 1.29 is 4.42 Å². The largest absolute Gasteiger partial charge is 0.456 e. The minimum Gasteiger partial charge on any atom is -0.456 e. The fourth-order valence-electron chi connectivity index (χ4n) is 5.70. The molecular weight excluding hydrogens is 390 g/mol. The first-order valence-corrected chi connectivity index (χ1v) is 11.0. The van der Waals surface area contributed by atoms with Crippen molar-refractivity contribution in [1.29, 1.82) is 0 Å². The molecule has 0 atom stereocenters. The maximum absolute atomic E-state index is 6.32. The molecule has 0 bridgehead atoms. The Kier molecular flexibility index (Phi) is 2.91. The van der Waals surface area contributed by atoms with Crippen LogP contribution in [0.4, 0.5) is 0 Å². The Morgan fingerprint density at radius 1 is 0.406 bits per heavy atom. The lowest BCUT2D eigenvalue weighted by atomic mass is 9.93. The first kappa shape index (κ1) is 16.4. The van der Waals surface area contributed by atoms with E-state index in [0.717, 1.165) is 11.2 Å². The van der Waals surface area contributed by atoms with Crippen molar-refractivity contribution >= 4 is 65.3 Å². The Bertz CT molecular complexity index is 1930. The van der Waals surface area contributed by atoms with Crippen LogP contribution in [0.3, 0.4) is 0 Å². The number of furan rings is 1. The summed E-state index contributed by atoms with van der Waals surface area (Å²) in [6.45, 7) is 0. The molecule has 32 heavy (non-hydrogen) atoms. The quantitative estimate of drug-likeness (QED) is 0.250. The molecule has 2 heterocycles. The summed E-state index contributed by atoms with van der Waals surface area (Å²) < 4.78 is 8.74. The van der Waals surface area contributed by atoms with Gasteiger partial charge in [-0.15, -0.1) is 0 Å². The molecule has 0 unspecified atom stereocenters. The molecule has 0 N–H and O–H groups in total. The maximum atomic E-state index is 6.32. The molecule has 6 aromatic carbocycles. The van der Waals surface area contributed by atoms with Crippen LogP contribution in [0.5, 0.6) is 0 Å². The third-order valence-electron chi connectivity index (χ3n) is 6.95. The lowest BCUT2D eigenvalue weighted by Crippen LogP contribution is -1.96. The highest BCUT2D eigenvalue weighted by atomic mass is 16.3. The molecule has 2 nitrogen and oxygen atoms in total. The summed E-state index contributed by atoms with van der Waals surface area (Å²) in [6, 6.07) is 36.9. The van der Waals surface area contributed by atoms with Crippen molar-refractivity contribution in [2.24, 2.45) is 0 Å². The van der Waals surface area contributed by atoms with Crippen LogP contribution in [0.1, 0.15) is 0 Å². The highest BCUT2D eigenvalue weighted by Gasteiger charge is 2.21. The Morgan fingerprint density at radius 2 is 0.969 bits per heavy atom. The van der Waals surface area contributed by atoms with E-state index in [2.05, 4.69) is 108 Å². The summed E-state index contributed by atoms with van der Waals surface area (Å²) in [5.41, 5.74) is 5.54. The summed E-state index contributed by atoms with van der Waals surface area (Å²) in [5.74, 6) is 0. The molecule has 148 valence electrons. The van der Waals surface area contributed by atoms with Crippen molar-refractivity contribution in [2.45, 2.75) is 0 Å². The average Bonchev–Trinajstić information content (AvgIpc) is 3.39. The first-order valence-electron chi connectivity index (χ1n) is 11.0. The number of nitrogens with zero attached hydrogens (tertiary/aromatic N) is 1. The third kappa shape index (κ3) is 1.86. The zero-order chi connectivity index (χ0) is 20.8. The average molecular weight is 407 g/mol. The molecular formula is C30H17NO. The molecule has 0 spiro atoms. The Morgan fingerprint density at radius 3 is 1.72 bits per heavy atom.